The third kappa shape index (κ3) is 4.37. The Morgan fingerprint density at radius 3 is 2.39 bits per heavy atom. The smallest absolute Gasteiger partial charge is 0.108 e. The minimum absolute atomic E-state index is 0.449. The number of ether oxygens (including phenoxy) is 1. The van der Waals surface area contributed by atoms with E-state index in [1.54, 1.807) is 0 Å². The lowest BCUT2D eigenvalue weighted by atomic mass is 10.2. The Morgan fingerprint density at radius 1 is 0.944 bits per heavy atom. The maximum atomic E-state index is 5.48. The van der Waals surface area contributed by atoms with Crippen molar-refractivity contribution in [1.82, 2.24) is 0 Å². The molecule has 2 rings (SSSR count). The lowest BCUT2D eigenvalue weighted by Gasteiger charge is -1.99. The van der Waals surface area contributed by atoms with Crippen molar-refractivity contribution >= 4 is 15.9 Å². The van der Waals surface area contributed by atoms with E-state index in [1.807, 2.05) is 54.6 Å². The molecule has 0 radical (unpaired) electrons. The molecule has 2 aromatic rings. The van der Waals surface area contributed by atoms with Gasteiger partial charge < -0.3 is 4.74 Å². The van der Waals surface area contributed by atoms with Crippen molar-refractivity contribution < 1.29 is 4.74 Å². The maximum Gasteiger partial charge on any atom is 0.108 e. The highest BCUT2D eigenvalue weighted by atomic mass is 79.9. The molecule has 2 aromatic carbocycles. The second-order valence-electron chi connectivity index (χ2n) is 3.79. The first-order valence-electron chi connectivity index (χ1n) is 5.71. The quantitative estimate of drug-likeness (QED) is 0.614. The van der Waals surface area contributed by atoms with Gasteiger partial charge in [-0.1, -0.05) is 58.1 Å². The van der Waals surface area contributed by atoms with Gasteiger partial charge >= 0.3 is 0 Å². The molecular weight excluding hydrogens is 288 g/mol. The number of halogens is 1. The second-order valence-corrected chi connectivity index (χ2v) is 4.70. The van der Waals surface area contributed by atoms with Gasteiger partial charge in [0.05, 0.1) is 6.61 Å². The fourth-order valence-corrected chi connectivity index (χ4v) is 1.73. The largest absolute Gasteiger partial charge is 0.364 e. The zero-order valence-corrected chi connectivity index (χ0v) is 11.5. The van der Waals surface area contributed by atoms with Gasteiger partial charge in [-0.15, -0.1) is 0 Å². The first kappa shape index (κ1) is 12.9. The molecule has 0 amide bonds. The summed E-state index contributed by atoms with van der Waals surface area (Å²) in [5, 5.41) is 0. The van der Waals surface area contributed by atoms with Crippen LogP contribution in [0.15, 0.2) is 59.1 Å². The van der Waals surface area contributed by atoms with Gasteiger partial charge in [-0.25, -0.2) is 0 Å². The van der Waals surface area contributed by atoms with Crippen LogP contribution >= 0.6 is 15.9 Å². The van der Waals surface area contributed by atoms with Gasteiger partial charge in [0.1, 0.15) is 6.61 Å². The normalized spacial score (nSPS) is 9.61. The van der Waals surface area contributed by atoms with Gasteiger partial charge in [0.25, 0.3) is 0 Å². The summed E-state index contributed by atoms with van der Waals surface area (Å²) < 4.78 is 6.55. The molecule has 90 valence electrons. The summed E-state index contributed by atoms with van der Waals surface area (Å²) in [6, 6.07) is 18.0. The van der Waals surface area contributed by atoms with Crippen LogP contribution in [0.5, 0.6) is 0 Å². The summed E-state index contributed by atoms with van der Waals surface area (Å²) >= 11 is 3.39. The zero-order chi connectivity index (χ0) is 12.6. The van der Waals surface area contributed by atoms with Gasteiger partial charge in [-0.05, 0) is 29.8 Å². The molecule has 0 aliphatic carbocycles. The van der Waals surface area contributed by atoms with E-state index in [0.29, 0.717) is 13.2 Å². The Hall–Kier alpha value is -1.56. The highest BCUT2D eigenvalue weighted by Gasteiger charge is 1.89. The van der Waals surface area contributed by atoms with Crippen molar-refractivity contribution in [2.75, 3.05) is 6.61 Å². The zero-order valence-electron chi connectivity index (χ0n) is 9.90. The molecule has 18 heavy (non-hydrogen) atoms. The van der Waals surface area contributed by atoms with Crippen LogP contribution in [0.4, 0.5) is 0 Å². The molecule has 0 aliphatic heterocycles. The Kier molecular flexibility index (Phi) is 5.01. The molecule has 0 aromatic heterocycles. The third-order valence-corrected chi connectivity index (χ3v) is 2.89. The van der Waals surface area contributed by atoms with Crippen molar-refractivity contribution in [3.05, 3.63) is 70.2 Å². The summed E-state index contributed by atoms with van der Waals surface area (Å²) in [6.45, 7) is 1.06. The lowest BCUT2D eigenvalue weighted by molar-refractivity contribution is 0.153. The number of hydrogen-bond donors (Lipinski definition) is 0. The van der Waals surface area contributed by atoms with Gasteiger partial charge in [-0.2, -0.15) is 0 Å². The molecule has 0 atom stereocenters. The van der Waals surface area contributed by atoms with E-state index in [1.165, 1.54) is 5.56 Å². The van der Waals surface area contributed by atoms with E-state index in [2.05, 4.69) is 27.8 Å². The molecule has 0 saturated carbocycles. The van der Waals surface area contributed by atoms with Crippen LogP contribution in [-0.2, 0) is 11.3 Å². The molecule has 2 heteroatoms. The first-order chi connectivity index (χ1) is 8.84. The molecule has 0 spiro atoms. The Balaban J connectivity index is 1.77. The summed E-state index contributed by atoms with van der Waals surface area (Å²) in [5.74, 6) is 6.07. The van der Waals surface area contributed by atoms with Gasteiger partial charge in [0.2, 0.25) is 0 Å². The molecule has 0 bridgehead atoms. The molecule has 1 nitrogen and oxygen atoms in total. The fraction of sp³-hybridized carbons (Fsp3) is 0.125. The van der Waals surface area contributed by atoms with Crippen LogP contribution in [0.2, 0.25) is 0 Å². The van der Waals surface area contributed by atoms with Crippen molar-refractivity contribution in [3.8, 4) is 11.8 Å². The van der Waals surface area contributed by atoms with E-state index in [0.717, 1.165) is 10.0 Å². The van der Waals surface area contributed by atoms with Crippen molar-refractivity contribution in [3.63, 3.8) is 0 Å². The van der Waals surface area contributed by atoms with Crippen LogP contribution in [0.25, 0.3) is 0 Å². The van der Waals surface area contributed by atoms with E-state index < -0.39 is 0 Å². The summed E-state index contributed by atoms with van der Waals surface area (Å²) in [7, 11) is 0. The summed E-state index contributed by atoms with van der Waals surface area (Å²) in [4.78, 5) is 0. The maximum absolute atomic E-state index is 5.48. The molecular formula is C16H13BrO. The highest BCUT2D eigenvalue weighted by molar-refractivity contribution is 9.10. The first-order valence-corrected chi connectivity index (χ1v) is 6.50. The second kappa shape index (κ2) is 7.00. The van der Waals surface area contributed by atoms with Gasteiger partial charge in [0, 0.05) is 10.0 Å². The molecule has 0 unspecified atom stereocenters. The minimum Gasteiger partial charge on any atom is -0.364 e. The predicted molar refractivity (Wildman–Crippen MR) is 77.1 cm³/mol. The van der Waals surface area contributed by atoms with Crippen molar-refractivity contribution in [1.29, 1.82) is 0 Å². The Bertz CT molecular complexity index is 535. The van der Waals surface area contributed by atoms with E-state index >= 15 is 0 Å². The van der Waals surface area contributed by atoms with E-state index in [4.69, 9.17) is 4.74 Å². The van der Waals surface area contributed by atoms with Crippen LogP contribution in [0.1, 0.15) is 11.1 Å². The lowest BCUT2D eigenvalue weighted by Crippen LogP contribution is -1.92. The Morgan fingerprint density at radius 2 is 1.67 bits per heavy atom. The fourth-order valence-electron chi connectivity index (χ4n) is 1.47. The molecule has 0 saturated heterocycles. The van der Waals surface area contributed by atoms with Crippen LogP contribution < -0.4 is 0 Å². The van der Waals surface area contributed by atoms with E-state index in [-0.39, 0.29) is 0 Å². The number of benzene rings is 2. The predicted octanol–water partition coefficient (Wildman–Crippen LogP) is 4.02. The van der Waals surface area contributed by atoms with Gasteiger partial charge in [0.15, 0.2) is 0 Å². The van der Waals surface area contributed by atoms with Crippen LogP contribution in [-0.4, -0.2) is 6.61 Å². The number of hydrogen-bond acceptors (Lipinski definition) is 1. The monoisotopic (exact) mass is 300 g/mol. The van der Waals surface area contributed by atoms with Gasteiger partial charge in [-0.3, -0.25) is 0 Å². The highest BCUT2D eigenvalue weighted by Crippen LogP contribution is 2.09. The average molecular weight is 301 g/mol. The molecule has 0 N–H and O–H groups in total. The average Bonchev–Trinajstić information content (AvgIpc) is 2.42. The minimum atomic E-state index is 0.449. The molecule has 0 fully saturated rings. The van der Waals surface area contributed by atoms with Crippen molar-refractivity contribution in [2.24, 2.45) is 0 Å². The number of rotatable bonds is 3. The standard InChI is InChI=1S/C16H13BrO/c17-16-10-8-14(9-11-16)7-4-12-18-13-15-5-2-1-3-6-15/h1-3,5-6,8-11H,12-13H2. The summed E-state index contributed by atoms with van der Waals surface area (Å²) in [5.41, 5.74) is 2.17. The van der Waals surface area contributed by atoms with Crippen LogP contribution in [0.3, 0.4) is 0 Å². The van der Waals surface area contributed by atoms with Crippen LogP contribution in [0, 0.1) is 11.8 Å². The summed E-state index contributed by atoms with van der Waals surface area (Å²) in [6.07, 6.45) is 0. The SMILES string of the molecule is Brc1ccc(C#CCOCc2ccccc2)cc1. The molecule has 0 aliphatic rings. The van der Waals surface area contributed by atoms with Crippen molar-refractivity contribution in [2.45, 2.75) is 6.61 Å². The van der Waals surface area contributed by atoms with E-state index in [9.17, 15) is 0 Å². The third-order valence-electron chi connectivity index (χ3n) is 2.36. The Labute approximate surface area is 116 Å². The topological polar surface area (TPSA) is 9.23 Å². The molecule has 0 heterocycles.